The van der Waals surface area contributed by atoms with Crippen molar-refractivity contribution >= 4 is 5.97 Å². The van der Waals surface area contributed by atoms with Gasteiger partial charge in [-0.1, -0.05) is 18.7 Å². The number of esters is 1. The van der Waals surface area contributed by atoms with Crippen molar-refractivity contribution in [3.05, 3.63) is 24.3 Å². The molecule has 0 aromatic carbocycles. The molecule has 0 aromatic heterocycles. The fraction of sp³-hybridized carbons (Fsp3) is 0.444. The lowest BCUT2D eigenvalue weighted by Gasteiger charge is -2.03. The number of hydrogen-bond acceptors (Lipinski definition) is 2. The Labute approximate surface area is 67.6 Å². The van der Waals surface area contributed by atoms with Gasteiger partial charge in [0.25, 0.3) is 0 Å². The fourth-order valence-corrected chi connectivity index (χ4v) is 0.670. The second-order valence-corrected chi connectivity index (χ2v) is 2.46. The molecule has 62 valence electrons. The minimum absolute atomic E-state index is 0.324. The molecule has 2 heteroatoms. The van der Waals surface area contributed by atoms with Crippen molar-refractivity contribution in [1.29, 1.82) is 0 Å². The zero-order valence-corrected chi connectivity index (χ0v) is 7.14. The average Bonchev–Trinajstić information content (AvgIpc) is 1.86. The van der Waals surface area contributed by atoms with E-state index in [1.165, 1.54) is 0 Å². The van der Waals surface area contributed by atoms with Gasteiger partial charge >= 0.3 is 5.97 Å². The van der Waals surface area contributed by atoms with Gasteiger partial charge in [0.2, 0.25) is 0 Å². The Morgan fingerprint density at radius 3 is 2.36 bits per heavy atom. The van der Waals surface area contributed by atoms with Crippen molar-refractivity contribution in [2.45, 2.75) is 20.3 Å². The summed E-state index contributed by atoms with van der Waals surface area (Å²) in [4.78, 5) is 10.9. The lowest BCUT2D eigenvalue weighted by molar-refractivity contribution is -0.138. The fourth-order valence-electron chi connectivity index (χ4n) is 0.670. The van der Waals surface area contributed by atoms with Gasteiger partial charge in [-0.25, -0.2) is 4.79 Å². The van der Waals surface area contributed by atoms with Gasteiger partial charge in [0.1, 0.15) is 0 Å². The van der Waals surface area contributed by atoms with Gasteiger partial charge in [-0.15, -0.1) is 0 Å². The molecule has 11 heavy (non-hydrogen) atoms. The molecule has 0 heterocycles. The zero-order chi connectivity index (χ0) is 8.85. The molecule has 0 aliphatic heterocycles. The molecule has 0 fully saturated rings. The van der Waals surface area contributed by atoms with Crippen molar-refractivity contribution < 1.29 is 9.53 Å². The quantitative estimate of drug-likeness (QED) is 0.352. The maximum atomic E-state index is 10.9. The number of rotatable bonds is 4. The highest BCUT2D eigenvalue weighted by atomic mass is 16.5. The lowest BCUT2D eigenvalue weighted by Crippen LogP contribution is -2.06. The molecule has 2 nitrogen and oxygen atoms in total. The van der Waals surface area contributed by atoms with Gasteiger partial charge in [-0.3, -0.25) is 0 Å². The van der Waals surface area contributed by atoms with E-state index < -0.39 is 0 Å². The van der Waals surface area contributed by atoms with Crippen LogP contribution in [0, 0.1) is 0 Å². The van der Waals surface area contributed by atoms with Gasteiger partial charge in [0.05, 0.1) is 6.61 Å². The molecule has 0 N–H and O–H groups in total. The Bertz CT molecular complexity index is 180. The molecule has 0 radical (unpaired) electrons. The van der Waals surface area contributed by atoms with E-state index in [2.05, 4.69) is 13.2 Å². The summed E-state index contributed by atoms with van der Waals surface area (Å²) in [6.45, 7) is 11.3. The van der Waals surface area contributed by atoms with E-state index in [1.807, 2.05) is 6.92 Å². The summed E-state index contributed by atoms with van der Waals surface area (Å²) in [5, 5.41) is 0. The molecule has 0 aliphatic rings. The second-order valence-electron chi connectivity index (χ2n) is 2.46. The van der Waals surface area contributed by atoms with Crippen LogP contribution < -0.4 is 0 Å². The first-order valence-corrected chi connectivity index (χ1v) is 3.57. The molecule has 0 amide bonds. The molecule has 0 bridgehead atoms. The van der Waals surface area contributed by atoms with E-state index in [9.17, 15) is 4.79 Å². The predicted molar refractivity (Wildman–Crippen MR) is 45.2 cm³/mol. The Hall–Kier alpha value is -1.05. The summed E-state index contributed by atoms with van der Waals surface area (Å²) in [5.41, 5.74) is 1.39. The molecule has 0 saturated heterocycles. The molecular weight excluding hydrogens is 140 g/mol. The van der Waals surface area contributed by atoms with Crippen molar-refractivity contribution in [3.63, 3.8) is 0 Å². The van der Waals surface area contributed by atoms with Crippen molar-refractivity contribution in [2.24, 2.45) is 0 Å². The zero-order valence-electron chi connectivity index (χ0n) is 7.14. The highest BCUT2D eigenvalue weighted by Gasteiger charge is 2.06. The number of allylic oxidation sites excluding steroid dienone is 1. The van der Waals surface area contributed by atoms with Crippen LogP contribution in [0.2, 0.25) is 0 Å². The molecular formula is C9H14O2. The molecule has 0 spiro atoms. The van der Waals surface area contributed by atoms with E-state index in [-0.39, 0.29) is 5.97 Å². The molecule has 0 atom stereocenters. The third kappa shape index (κ3) is 4.37. The largest absolute Gasteiger partial charge is 0.463 e. The van der Waals surface area contributed by atoms with Crippen LogP contribution in [0.1, 0.15) is 20.3 Å². The average molecular weight is 154 g/mol. The van der Waals surface area contributed by atoms with E-state index in [0.717, 1.165) is 5.57 Å². The highest BCUT2D eigenvalue weighted by molar-refractivity contribution is 5.88. The van der Waals surface area contributed by atoms with Crippen LogP contribution in [-0.2, 0) is 9.53 Å². The topological polar surface area (TPSA) is 26.3 Å². The number of carbonyl (C=O) groups is 1. The summed E-state index contributed by atoms with van der Waals surface area (Å²) < 4.78 is 4.72. The first-order chi connectivity index (χ1) is 5.07. The van der Waals surface area contributed by atoms with Gasteiger partial charge in [0.15, 0.2) is 0 Å². The Balaban J connectivity index is 3.83. The number of hydrogen-bond donors (Lipinski definition) is 0. The monoisotopic (exact) mass is 154 g/mol. The third-order valence-corrected chi connectivity index (χ3v) is 1.08. The van der Waals surface area contributed by atoms with Crippen LogP contribution in [0.5, 0.6) is 0 Å². The van der Waals surface area contributed by atoms with Crippen LogP contribution in [0.3, 0.4) is 0 Å². The van der Waals surface area contributed by atoms with Gasteiger partial charge in [-0.05, 0) is 20.3 Å². The summed E-state index contributed by atoms with van der Waals surface area (Å²) in [5.74, 6) is -0.324. The van der Waals surface area contributed by atoms with Crippen molar-refractivity contribution in [1.82, 2.24) is 0 Å². The number of carbonyl (C=O) groups excluding carboxylic acids is 1. The van der Waals surface area contributed by atoms with E-state index >= 15 is 0 Å². The van der Waals surface area contributed by atoms with Gasteiger partial charge in [0, 0.05) is 5.57 Å². The molecule has 0 aliphatic carbocycles. The standard InChI is InChI=1S/C9H14O2/c1-5-11-9(10)8(4)6-7(2)3/h2,4-6H2,1,3H3. The first kappa shape index (κ1) is 9.95. The summed E-state index contributed by atoms with van der Waals surface area (Å²) in [6.07, 6.45) is 0.527. The molecule has 0 unspecified atom stereocenters. The van der Waals surface area contributed by atoms with E-state index in [4.69, 9.17) is 4.74 Å². The maximum Gasteiger partial charge on any atom is 0.333 e. The van der Waals surface area contributed by atoms with E-state index in [1.54, 1.807) is 6.92 Å². The van der Waals surface area contributed by atoms with Crippen LogP contribution in [0.15, 0.2) is 24.3 Å². The molecule has 0 rings (SSSR count). The van der Waals surface area contributed by atoms with Crippen LogP contribution in [0.25, 0.3) is 0 Å². The number of ether oxygens (including phenoxy) is 1. The lowest BCUT2D eigenvalue weighted by atomic mass is 10.1. The van der Waals surface area contributed by atoms with Crippen LogP contribution in [-0.4, -0.2) is 12.6 Å². The normalized spacial score (nSPS) is 8.91. The first-order valence-electron chi connectivity index (χ1n) is 3.57. The predicted octanol–water partition coefficient (Wildman–Crippen LogP) is 2.07. The van der Waals surface area contributed by atoms with Crippen molar-refractivity contribution in [3.8, 4) is 0 Å². The van der Waals surface area contributed by atoms with Gasteiger partial charge < -0.3 is 4.74 Å². The van der Waals surface area contributed by atoms with Crippen LogP contribution in [0.4, 0.5) is 0 Å². The summed E-state index contributed by atoms with van der Waals surface area (Å²) in [6, 6.07) is 0. The Morgan fingerprint density at radius 2 is 2.00 bits per heavy atom. The third-order valence-electron chi connectivity index (χ3n) is 1.08. The van der Waals surface area contributed by atoms with Crippen LogP contribution >= 0.6 is 0 Å². The maximum absolute atomic E-state index is 10.9. The Morgan fingerprint density at radius 1 is 1.45 bits per heavy atom. The summed E-state index contributed by atoms with van der Waals surface area (Å²) >= 11 is 0. The smallest absolute Gasteiger partial charge is 0.333 e. The van der Waals surface area contributed by atoms with Gasteiger partial charge in [-0.2, -0.15) is 0 Å². The highest BCUT2D eigenvalue weighted by Crippen LogP contribution is 2.07. The minimum atomic E-state index is -0.324. The minimum Gasteiger partial charge on any atom is -0.463 e. The summed E-state index contributed by atoms with van der Waals surface area (Å²) in [7, 11) is 0. The molecule has 0 saturated carbocycles. The SMILES string of the molecule is C=C(C)CC(=C)C(=O)OCC. The van der Waals surface area contributed by atoms with Crippen molar-refractivity contribution in [2.75, 3.05) is 6.61 Å². The van der Waals surface area contributed by atoms with E-state index in [0.29, 0.717) is 18.6 Å². The second kappa shape index (κ2) is 4.72. The molecule has 0 aromatic rings. The Kier molecular flexibility index (Phi) is 4.27.